The Hall–Kier alpha value is -1.68. The van der Waals surface area contributed by atoms with E-state index in [-0.39, 0.29) is 0 Å². The van der Waals surface area contributed by atoms with E-state index in [9.17, 15) is 0 Å². The van der Waals surface area contributed by atoms with Gasteiger partial charge in [0.25, 0.3) is 0 Å². The summed E-state index contributed by atoms with van der Waals surface area (Å²) in [5, 5.41) is 6.95. The third-order valence-electron chi connectivity index (χ3n) is 2.22. The molecule has 0 aliphatic rings. The smallest absolute Gasteiger partial charge is 0.181 e. The molecule has 2 aromatic rings. The molecule has 0 atom stereocenters. The summed E-state index contributed by atoms with van der Waals surface area (Å²) in [5.74, 6) is 1.57. The first-order chi connectivity index (χ1) is 7.29. The molecular formula is C11H14N4. The van der Waals surface area contributed by atoms with Crippen molar-refractivity contribution >= 4 is 0 Å². The monoisotopic (exact) mass is 202 g/mol. The zero-order valence-corrected chi connectivity index (χ0v) is 8.70. The first-order valence-corrected chi connectivity index (χ1v) is 4.98. The molecule has 0 aliphatic heterocycles. The maximum absolute atomic E-state index is 5.52. The second-order valence-corrected chi connectivity index (χ2v) is 3.48. The molecule has 3 N–H and O–H groups in total. The van der Waals surface area contributed by atoms with E-state index >= 15 is 0 Å². The van der Waals surface area contributed by atoms with Gasteiger partial charge in [0.1, 0.15) is 5.82 Å². The number of nitrogens with two attached hydrogens (primary N) is 1. The fourth-order valence-electron chi connectivity index (χ4n) is 1.50. The van der Waals surface area contributed by atoms with Crippen LogP contribution in [0, 0.1) is 6.92 Å². The second kappa shape index (κ2) is 4.23. The van der Waals surface area contributed by atoms with Crippen LogP contribution in [0.5, 0.6) is 0 Å². The van der Waals surface area contributed by atoms with Crippen molar-refractivity contribution in [3.05, 3.63) is 35.7 Å². The van der Waals surface area contributed by atoms with Gasteiger partial charge in [-0.1, -0.05) is 18.2 Å². The number of H-pyrrole nitrogens is 1. The molecule has 78 valence electrons. The number of hydrogen-bond acceptors (Lipinski definition) is 3. The summed E-state index contributed by atoms with van der Waals surface area (Å²) >= 11 is 0. The number of aryl methyl sites for hydroxylation is 1. The molecular weight excluding hydrogens is 188 g/mol. The average Bonchev–Trinajstić information content (AvgIpc) is 2.66. The van der Waals surface area contributed by atoms with Crippen LogP contribution in [0.15, 0.2) is 24.3 Å². The Bertz CT molecular complexity index is 447. The van der Waals surface area contributed by atoms with Crippen molar-refractivity contribution in [2.75, 3.05) is 6.54 Å². The minimum absolute atomic E-state index is 0.663. The summed E-state index contributed by atoms with van der Waals surface area (Å²) in [7, 11) is 0. The van der Waals surface area contributed by atoms with Gasteiger partial charge in [0, 0.05) is 5.56 Å². The summed E-state index contributed by atoms with van der Waals surface area (Å²) in [6.45, 7) is 2.55. The Labute approximate surface area is 88.5 Å². The molecule has 1 aromatic heterocycles. The Morgan fingerprint density at radius 1 is 1.40 bits per heavy atom. The van der Waals surface area contributed by atoms with Crippen molar-refractivity contribution in [2.24, 2.45) is 5.73 Å². The van der Waals surface area contributed by atoms with Gasteiger partial charge in [-0.2, -0.15) is 5.10 Å². The Kier molecular flexibility index (Phi) is 2.78. The van der Waals surface area contributed by atoms with Gasteiger partial charge in [-0.3, -0.25) is 5.10 Å². The van der Waals surface area contributed by atoms with E-state index in [0.717, 1.165) is 23.6 Å². The number of aromatic nitrogens is 3. The van der Waals surface area contributed by atoms with E-state index in [1.807, 2.05) is 19.1 Å². The van der Waals surface area contributed by atoms with Gasteiger partial charge < -0.3 is 5.73 Å². The number of nitrogens with one attached hydrogen (secondary N) is 1. The molecule has 0 unspecified atom stereocenters. The van der Waals surface area contributed by atoms with E-state index in [1.165, 1.54) is 5.56 Å². The van der Waals surface area contributed by atoms with Gasteiger partial charge >= 0.3 is 0 Å². The third-order valence-corrected chi connectivity index (χ3v) is 2.22. The standard InChI is InChI=1S/C11H14N4/c1-8-13-11(15-14-8)10-4-2-3-9(7-10)5-6-12/h2-4,7H,5-6,12H2,1H3,(H,13,14,15). The minimum atomic E-state index is 0.663. The Balaban J connectivity index is 2.32. The summed E-state index contributed by atoms with van der Waals surface area (Å²) in [5.41, 5.74) is 7.77. The summed E-state index contributed by atoms with van der Waals surface area (Å²) < 4.78 is 0. The molecule has 0 fully saturated rings. The largest absolute Gasteiger partial charge is 0.330 e. The van der Waals surface area contributed by atoms with Crippen LogP contribution in [0.25, 0.3) is 11.4 Å². The molecule has 1 aromatic carbocycles. The predicted octanol–water partition coefficient (Wildman–Crippen LogP) is 1.28. The molecule has 0 amide bonds. The van der Waals surface area contributed by atoms with Crippen LogP contribution in [0.3, 0.4) is 0 Å². The van der Waals surface area contributed by atoms with E-state index in [4.69, 9.17) is 5.73 Å². The summed E-state index contributed by atoms with van der Waals surface area (Å²) in [6.07, 6.45) is 0.886. The van der Waals surface area contributed by atoms with Crippen molar-refractivity contribution in [3.8, 4) is 11.4 Å². The minimum Gasteiger partial charge on any atom is -0.330 e. The van der Waals surface area contributed by atoms with E-state index < -0.39 is 0 Å². The first kappa shape index (κ1) is 9.86. The van der Waals surface area contributed by atoms with E-state index in [0.29, 0.717) is 6.54 Å². The molecule has 0 saturated heterocycles. The topological polar surface area (TPSA) is 67.6 Å². The Morgan fingerprint density at radius 2 is 2.27 bits per heavy atom. The van der Waals surface area contributed by atoms with Crippen LogP contribution in [0.2, 0.25) is 0 Å². The lowest BCUT2D eigenvalue weighted by molar-refractivity contribution is 0.968. The normalized spacial score (nSPS) is 10.5. The van der Waals surface area contributed by atoms with Gasteiger partial charge in [0.15, 0.2) is 5.82 Å². The maximum Gasteiger partial charge on any atom is 0.181 e. The fourth-order valence-corrected chi connectivity index (χ4v) is 1.50. The highest BCUT2D eigenvalue weighted by molar-refractivity contribution is 5.55. The molecule has 0 aliphatic carbocycles. The van der Waals surface area contributed by atoms with Crippen LogP contribution < -0.4 is 5.73 Å². The van der Waals surface area contributed by atoms with Crippen molar-refractivity contribution in [2.45, 2.75) is 13.3 Å². The fraction of sp³-hybridized carbons (Fsp3) is 0.273. The molecule has 0 bridgehead atoms. The first-order valence-electron chi connectivity index (χ1n) is 4.98. The molecule has 0 saturated carbocycles. The van der Waals surface area contributed by atoms with Gasteiger partial charge in [-0.25, -0.2) is 4.98 Å². The number of hydrogen-bond donors (Lipinski definition) is 2. The van der Waals surface area contributed by atoms with E-state index in [1.54, 1.807) is 0 Å². The van der Waals surface area contributed by atoms with Crippen molar-refractivity contribution in [1.29, 1.82) is 0 Å². The van der Waals surface area contributed by atoms with Crippen LogP contribution in [-0.2, 0) is 6.42 Å². The highest BCUT2D eigenvalue weighted by Gasteiger charge is 2.03. The lowest BCUT2D eigenvalue weighted by atomic mass is 10.1. The SMILES string of the molecule is Cc1nc(-c2cccc(CCN)c2)n[nH]1. The molecule has 0 radical (unpaired) electrons. The maximum atomic E-state index is 5.52. The van der Waals surface area contributed by atoms with Crippen molar-refractivity contribution < 1.29 is 0 Å². The van der Waals surface area contributed by atoms with Crippen LogP contribution in [0.1, 0.15) is 11.4 Å². The molecule has 4 heteroatoms. The third kappa shape index (κ3) is 2.22. The van der Waals surface area contributed by atoms with Gasteiger partial charge in [0.2, 0.25) is 0 Å². The second-order valence-electron chi connectivity index (χ2n) is 3.48. The number of nitrogens with zero attached hydrogens (tertiary/aromatic N) is 2. The van der Waals surface area contributed by atoms with Crippen LogP contribution in [-0.4, -0.2) is 21.7 Å². The summed E-state index contributed by atoms with van der Waals surface area (Å²) in [6, 6.07) is 8.15. The lowest BCUT2D eigenvalue weighted by Crippen LogP contribution is -2.02. The highest BCUT2D eigenvalue weighted by Crippen LogP contribution is 2.16. The Morgan fingerprint density at radius 3 is 2.93 bits per heavy atom. The molecule has 0 spiro atoms. The molecule has 15 heavy (non-hydrogen) atoms. The summed E-state index contributed by atoms with van der Waals surface area (Å²) in [4.78, 5) is 4.28. The zero-order valence-electron chi connectivity index (χ0n) is 8.70. The van der Waals surface area contributed by atoms with Crippen molar-refractivity contribution in [1.82, 2.24) is 15.2 Å². The lowest BCUT2D eigenvalue weighted by Gasteiger charge is -2.00. The van der Waals surface area contributed by atoms with Gasteiger partial charge in [0.05, 0.1) is 0 Å². The van der Waals surface area contributed by atoms with Crippen LogP contribution in [0.4, 0.5) is 0 Å². The van der Waals surface area contributed by atoms with Gasteiger partial charge in [-0.15, -0.1) is 0 Å². The number of aromatic amines is 1. The predicted molar refractivity (Wildman–Crippen MR) is 59.3 cm³/mol. The van der Waals surface area contributed by atoms with Crippen LogP contribution >= 0.6 is 0 Å². The molecule has 1 heterocycles. The van der Waals surface area contributed by atoms with Gasteiger partial charge in [-0.05, 0) is 31.5 Å². The quantitative estimate of drug-likeness (QED) is 0.787. The molecule has 4 nitrogen and oxygen atoms in total. The number of rotatable bonds is 3. The van der Waals surface area contributed by atoms with Crippen molar-refractivity contribution in [3.63, 3.8) is 0 Å². The number of benzene rings is 1. The highest BCUT2D eigenvalue weighted by atomic mass is 15.2. The molecule has 2 rings (SSSR count). The zero-order chi connectivity index (χ0) is 10.7. The van der Waals surface area contributed by atoms with E-state index in [2.05, 4.69) is 27.3 Å². The average molecular weight is 202 g/mol.